The Kier molecular flexibility index (Phi) is 6.15. The fourth-order valence-corrected chi connectivity index (χ4v) is 3.65. The molecule has 1 amide bonds. The van der Waals surface area contributed by atoms with Crippen LogP contribution < -0.4 is 22.1 Å². The summed E-state index contributed by atoms with van der Waals surface area (Å²) in [7, 11) is 0. The molecule has 12 heteroatoms. The lowest BCUT2D eigenvalue weighted by Crippen LogP contribution is -2.48. The summed E-state index contributed by atoms with van der Waals surface area (Å²) in [5.41, 5.74) is 13.4. The first-order valence-corrected chi connectivity index (χ1v) is 10.7. The highest BCUT2D eigenvalue weighted by molar-refractivity contribution is 5.96. The number of carbonyl (C=O) groups is 1. The van der Waals surface area contributed by atoms with Crippen LogP contribution in [-0.2, 0) is 10.3 Å². The highest BCUT2D eigenvalue weighted by Crippen LogP contribution is 2.27. The number of ether oxygens (including phenoxy) is 1. The predicted molar refractivity (Wildman–Crippen MR) is 123 cm³/mol. The standard InChI is InChI=1S/C21H29N9O3/c1-11-6-13(7-12-8-30(29-16(11)12)21(2,3)10-31)24-19-17(18(23)32)27-28-20(26-19)25-15-4-5-33-9-14(15)22/h6-8,14-15,31H,4-5,9-10,22H2,1-3H3,(H2,23,32)(H2,24,25,26,28)/t14-,15+/m0/s1. The molecule has 176 valence electrons. The first-order chi connectivity index (χ1) is 15.7. The first kappa shape index (κ1) is 22.8. The Balaban J connectivity index is 1.66. The number of nitrogens with zero attached hydrogens (tertiary/aromatic N) is 5. The number of benzene rings is 1. The van der Waals surface area contributed by atoms with Crippen LogP contribution >= 0.6 is 0 Å². The average molecular weight is 456 g/mol. The molecule has 2 aromatic heterocycles. The van der Waals surface area contributed by atoms with Crippen molar-refractivity contribution in [1.29, 1.82) is 0 Å². The highest BCUT2D eigenvalue weighted by Gasteiger charge is 2.25. The Hall–Kier alpha value is -3.35. The highest BCUT2D eigenvalue weighted by atomic mass is 16.5. The van der Waals surface area contributed by atoms with E-state index in [1.807, 2.05) is 39.1 Å². The van der Waals surface area contributed by atoms with E-state index in [2.05, 4.69) is 30.9 Å². The van der Waals surface area contributed by atoms with Crippen LogP contribution in [0.2, 0.25) is 0 Å². The van der Waals surface area contributed by atoms with E-state index >= 15 is 0 Å². The molecule has 12 nitrogen and oxygen atoms in total. The fourth-order valence-electron chi connectivity index (χ4n) is 3.65. The zero-order chi connectivity index (χ0) is 23.8. The molecule has 2 atom stereocenters. The fraction of sp³-hybridized carbons (Fsp3) is 0.476. The van der Waals surface area contributed by atoms with E-state index in [1.54, 1.807) is 4.68 Å². The third kappa shape index (κ3) is 4.72. The molecule has 1 aliphatic heterocycles. The third-order valence-electron chi connectivity index (χ3n) is 5.70. The molecule has 3 heterocycles. The summed E-state index contributed by atoms with van der Waals surface area (Å²) in [6.45, 7) is 6.71. The Bertz CT molecular complexity index is 1180. The van der Waals surface area contributed by atoms with Gasteiger partial charge in [0, 0.05) is 36.0 Å². The van der Waals surface area contributed by atoms with Gasteiger partial charge in [0.05, 0.1) is 24.3 Å². The van der Waals surface area contributed by atoms with E-state index < -0.39 is 11.4 Å². The summed E-state index contributed by atoms with van der Waals surface area (Å²) in [4.78, 5) is 16.4. The second kappa shape index (κ2) is 8.89. The van der Waals surface area contributed by atoms with Crippen molar-refractivity contribution < 1.29 is 14.6 Å². The van der Waals surface area contributed by atoms with Gasteiger partial charge in [-0.25, -0.2) is 0 Å². The van der Waals surface area contributed by atoms with Crippen LogP contribution in [0.25, 0.3) is 10.9 Å². The van der Waals surface area contributed by atoms with E-state index in [-0.39, 0.29) is 36.2 Å². The maximum atomic E-state index is 11.9. The first-order valence-electron chi connectivity index (χ1n) is 10.7. The number of fused-ring (bicyclic) bond motifs is 1. The topological polar surface area (TPSA) is 179 Å². The quantitative estimate of drug-likeness (QED) is 0.339. The lowest BCUT2D eigenvalue weighted by Gasteiger charge is -2.29. The molecule has 0 aliphatic carbocycles. The number of aromatic nitrogens is 5. The SMILES string of the molecule is Cc1cc(Nc2nc(N[C@@H]3CCOC[C@@H]3N)nnc2C(N)=O)cc2cn(C(C)(C)CO)nc12. The number of aliphatic hydroxyl groups excluding tert-OH is 1. The molecule has 0 radical (unpaired) electrons. The van der Waals surface area contributed by atoms with Crippen LogP contribution in [0.3, 0.4) is 0 Å². The zero-order valence-corrected chi connectivity index (χ0v) is 18.9. The van der Waals surface area contributed by atoms with Crippen LogP contribution in [0.1, 0.15) is 36.3 Å². The van der Waals surface area contributed by atoms with Crippen molar-refractivity contribution in [1.82, 2.24) is 25.0 Å². The minimum Gasteiger partial charge on any atom is -0.394 e. The lowest BCUT2D eigenvalue weighted by molar-refractivity contribution is 0.0751. The van der Waals surface area contributed by atoms with Crippen LogP contribution in [-0.4, -0.2) is 67.9 Å². The van der Waals surface area contributed by atoms with E-state index in [0.717, 1.165) is 16.5 Å². The Morgan fingerprint density at radius 2 is 2.15 bits per heavy atom. The molecule has 33 heavy (non-hydrogen) atoms. The lowest BCUT2D eigenvalue weighted by atomic mass is 10.1. The molecule has 0 spiro atoms. The van der Waals surface area contributed by atoms with Crippen molar-refractivity contribution in [3.8, 4) is 0 Å². The van der Waals surface area contributed by atoms with Crippen molar-refractivity contribution in [2.45, 2.75) is 44.8 Å². The van der Waals surface area contributed by atoms with Crippen LogP contribution in [0, 0.1) is 6.92 Å². The number of amides is 1. The van der Waals surface area contributed by atoms with Gasteiger partial charge in [0.15, 0.2) is 11.5 Å². The van der Waals surface area contributed by atoms with Gasteiger partial charge in [-0.1, -0.05) is 0 Å². The molecule has 1 fully saturated rings. The third-order valence-corrected chi connectivity index (χ3v) is 5.70. The number of primary amides is 1. The van der Waals surface area contributed by atoms with Gasteiger partial charge in [-0.3, -0.25) is 9.48 Å². The van der Waals surface area contributed by atoms with Crippen LogP contribution in [0.15, 0.2) is 18.3 Å². The molecular weight excluding hydrogens is 426 g/mol. The summed E-state index contributed by atoms with van der Waals surface area (Å²) in [5, 5.41) is 29.4. The molecule has 0 saturated carbocycles. The molecule has 1 aliphatic rings. The average Bonchev–Trinajstić information content (AvgIpc) is 3.21. The Morgan fingerprint density at radius 3 is 2.85 bits per heavy atom. The van der Waals surface area contributed by atoms with Gasteiger partial charge in [-0.05, 0) is 44.9 Å². The Morgan fingerprint density at radius 1 is 1.36 bits per heavy atom. The molecular formula is C21H29N9O3. The maximum Gasteiger partial charge on any atom is 0.273 e. The second-order valence-corrected chi connectivity index (χ2v) is 8.88. The second-order valence-electron chi connectivity index (χ2n) is 8.88. The van der Waals surface area contributed by atoms with Crippen molar-refractivity contribution in [2.24, 2.45) is 11.5 Å². The number of anilines is 3. The van der Waals surface area contributed by atoms with E-state index in [9.17, 15) is 9.90 Å². The monoisotopic (exact) mass is 455 g/mol. The zero-order valence-electron chi connectivity index (χ0n) is 18.9. The van der Waals surface area contributed by atoms with Gasteiger partial charge in [0.25, 0.3) is 5.91 Å². The molecule has 1 aromatic carbocycles. The van der Waals surface area contributed by atoms with Gasteiger partial charge in [-0.2, -0.15) is 10.1 Å². The summed E-state index contributed by atoms with van der Waals surface area (Å²) in [5.74, 6) is -0.329. The van der Waals surface area contributed by atoms with Gasteiger partial charge in [0.2, 0.25) is 5.95 Å². The minimum absolute atomic E-state index is 0.0493. The Labute approximate surface area is 190 Å². The molecule has 4 rings (SSSR count). The molecule has 3 aromatic rings. The minimum atomic E-state index is -0.748. The van der Waals surface area contributed by atoms with Crippen molar-refractivity contribution in [3.63, 3.8) is 0 Å². The normalized spacial score (nSPS) is 18.9. The molecule has 7 N–H and O–H groups in total. The number of aryl methyl sites for hydroxylation is 1. The molecule has 0 bridgehead atoms. The summed E-state index contributed by atoms with van der Waals surface area (Å²) in [6, 6.07) is 3.49. The van der Waals surface area contributed by atoms with Gasteiger partial charge < -0.3 is 31.9 Å². The molecule has 0 unspecified atom stereocenters. The summed E-state index contributed by atoms with van der Waals surface area (Å²) >= 11 is 0. The summed E-state index contributed by atoms with van der Waals surface area (Å²) in [6.07, 6.45) is 2.57. The summed E-state index contributed by atoms with van der Waals surface area (Å²) < 4.78 is 7.11. The number of nitrogens with two attached hydrogens (primary N) is 2. The molecule has 1 saturated heterocycles. The van der Waals surface area contributed by atoms with Crippen molar-refractivity contribution in [3.05, 3.63) is 29.6 Å². The van der Waals surface area contributed by atoms with Crippen molar-refractivity contribution in [2.75, 3.05) is 30.5 Å². The maximum absolute atomic E-state index is 11.9. The van der Waals surface area contributed by atoms with Gasteiger partial charge in [0.1, 0.15) is 0 Å². The number of carbonyl (C=O) groups excluding carboxylic acids is 1. The smallest absolute Gasteiger partial charge is 0.273 e. The van der Waals surface area contributed by atoms with Crippen molar-refractivity contribution >= 4 is 34.3 Å². The number of hydrogen-bond donors (Lipinski definition) is 5. The predicted octanol–water partition coefficient (Wildman–Crippen LogP) is 0.628. The van der Waals surface area contributed by atoms with Gasteiger partial charge >= 0.3 is 0 Å². The van der Waals surface area contributed by atoms with Crippen LogP contribution in [0.4, 0.5) is 17.5 Å². The van der Waals surface area contributed by atoms with E-state index in [4.69, 9.17) is 16.2 Å². The number of aliphatic hydroxyl groups is 1. The number of nitrogens with one attached hydrogen (secondary N) is 2. The van der Waals surface area contributed by atoms with E-state index in [0.29, 0.717) is 25.3 Å². The number of hydrogen-bond acceptors (Lipinski definition) is 10. The largest absolute Gasteiger partial charge is 0.394 e. The van der Waals surface area contributed by atoms with Gasteiger partial charge in [-0.15, -0.1) is 10.2 Å². The van der Waals surface area contributed by atoms with Crippen LogP contribution in [0.5, 0.6) is 0 Å². The number of rotatable bonds is 7. The van der Waals surface area contributed by atoms with E-state index in [1.165, 1.54) is 0 Å².